The van der Waals surface area contributed by atoms with Crippen molar-refractivity contribution in [2.75, 3.05) is 0 Å². The van der Waals surface area contributed by atoms with Crippen LogP contribution in [0.4, 0.5) is 5.69 Å². The van der Waals surface area contributed by atoms with Gasteiger partial charge in [0.05, 0.1) is 28.5 Å². The summed E-state index contributed by atoms with van der Waals surface area (Å²) in [6, 6.07) is 4.88. The van der Waals surface area contributed by atoms with Gasteiger partial charge in [-0.05, 0) is 36.7 Å². The average Bonchev–Trinajstić information content (AvgIpc) is 2.65. The van der Waals surface area contributed by atoms with E-state index in [1.807, 2.05) is 6.92 Å². The van der Waals surface area contributed by atoms with Crippen molar-refractivity contribution in [3.8, 4) is 0 Å². The fourth-order valence-electron chi connectivity index (χ4n) is 3.30. The lowest BCUT2D eigenvalue weighted by Crippen LogP contribution is -2.37. The van der Waals surface area contributed by atoms with Gasteiger partial charge in [-0.3, -0.25) is 15.1 Å². The molecule has 0 spiro atoms. The number of rotatable bonds is 8. The van der Waals surface area contributed by atoms with Gasteiger partial charge in [0.15, 0.2) is 0 Å². The zero-order valence-electron chi connectivity index (χ0n) is 15.5. The highest BCUT2D eigenvalue weighted by atomic mass is 28.4. The van der Waals surface area contributed by atoms with Crippen LogP contribution in [0.25, 0.3) is 0 Å². The second kappa shape index (κ2) is 8.58. The molecule has 2 heterocycles. The molecule has 0 bridgehead atoms. The smallest absolute Gasteiger partial charge is 0.293 e. The van der Waals surface area contributed by atoms with Crippen molar-refractivity contribution in [3.05, 3.63) is 46.0 Å². The molecule has 0 aliphatic carbocycles. The molecule has 0 amide bonds. The molecule has 1 aliphatic rings. The number of aromatic nitrogens is 1. The van der Waals surface area contributed by atoms with Crippen LogP contribution in [0.3, 0.4) is 0 Å². The van der Waals surface area contributed by atoms with E-state index < -0.39 is 13.2 Å². The quantitative estimate of drug-likeness (QED) is 0.363. The molecule has 2 unspecified atom stereocenters. The third-order valence-electron chi connectivity index (χ3n) is 5.16. The van der Waals surface area contributed by atoms with Gasteiger partial charge in [-0.1, -0.05) is 27.7 Å². The predicted octanol–water partition coefficient (Wildman–Crippen LogP) is 5.14. The van der Waals surface area contributed by atoms with E-state index >= 15 is 0 Å². The molecule has 1 aromatic rings. The standard InChI is InChI=1S/C18H28N2O4Si/c1-5-14-11-15(24-25(6-2,7-3)8-4)12-18(23-14)16-9-10-19-13-17(16)20(21)22/h9-11,13-14,18H,5-8,12H2,1-4H3. The molecule has 0 fully saturated rings. The van der Waals surface area contributed by atoms with Gasteiger partial charge in [0.1, 0.15) is 6.20 Å². The molecule has 138 valence electrons. The lowest BCUT2D eigenvalue weighted by molar-refractivity contribution is -0.386. The van der Waals surface area contributed by atoms with Gasteiger partial charge in [-0.2, -0.15) is 0 Å². The Balaban J connectivity index is 2.30. The van der Waals surface area contributed by atoms with Crippen LogP contribution in [-0.2, 0) is 9.16 Å². The van der Waals surface area contributed by atoms with Crippen LogP contribution >= 0.6 is 0 Å². The number of nitro groups is 1. The Morgan fingerprint density at radius 3 is 2.56 bits per heavy atom. The number of ether oxygens (including phenoxy) is 1. The topological polar surface area (TPSA) is 74.5 Å². The molecule has 25 heavy (non-hydrogen) atoms. The first-order valence-electron chi connectivity index (χ1n) is 9.12. The number of pyridine rings is 1. The van der Waals surface area contributed by atoms with Gasteiger partial charge in [-0.15, -0.1) is 0 Å². The Morgan fingerprint density at radius 1 is 1.32 bits per heavy atom. The van der Waals surface area contributed by atoms with E-state index in [4.69, 9.17) is 9.16 Å². The summed E-state index contributed by atoms with van der Waals surface area (Å²) in [6.07, 6.45) is 5.82. The minimum Gasteiger partial charge on any atom is -0.547 e. The zero-order chi connectivity index (χ0) is 18.4. The molecule has 2 atom stereocenters. The first-order chi connectivity index (χ1) is 12.0. The van der Waals surface area contributed by atoms with E-state index in [1.54, 1.807) is 12.3 Å². The maximum atomic E-state index is 11.3. The normalized spacial score (nSPS) is 20.9. The fourth-order valence-corrected chi connectivity index (χ4v) is 5.94. The minimum atomic E-state index is -1.78. The minimum absolute atomic E-state index is 0.00795. The summed E-state index contributed by atoms with van der Waals surface area (Å²) in [5, 5.41) is 11.3. The summed E-state index contributed by atoms with van der Waals surface area (Å²) in [5.41, 5.74) is 0.581. The molecule has 0 saturated heterocycles. The molecule has 0 aromatic carbocycles. The predicted molar refractivity (Wildman–Crippen MR) is 99.8 cm³/mol. The molecule has 1 aromatic heterocycles. The largest absolute Gasteiger partial charge is 0.547 e. The van der Waals surface area contributed by atoms with E-state index in [9.17, 15) is 10.1 Å². The Labute approximate surface area is 150 Å². The van der Waals surface area contributed by atoms with Crippen LogP contribution in [0.1, 0.15) is 52.2 Å². The van der Waals surface area contributed by atoms with Crippen LogP contribution in [0, 0.1) is 10.1 Å². The van der Waals surface area contributed by atoms with Gasteiger partial charge >= 0.3 is 0 Å². The highest BCUT2D eigenvalue weighted by molar-refractivity contribution is 6.73. The molecule has 1 aliphatic heterocycles. The third kappa shape index (κ3) is 4.46. The lowest BCUT2D eigenvalue weighted by Gasteiger charge is -2.35. The summed E-state index contributed by atoms with van der Waals surface area (Å²) in [5.74, 6) is 0.937. The summed E-state index contributed by atoms with van der Waals surface area (Å²) < 4.78 is 12.6. The number of hydrogen-bond donors (Lipinski definition) is 0. The summed E-state index contributed by atoms with van der Waals surface area (Å²) in [4.78, 5) is 14.8. The molecule has 0 saturated carbocycles. The van der Waals surface area contributed by atoms with E-state index in [1.165, 1.54) is 6.20 Å². The van der Waals surface area contributed by atoms with Crippen molar-refractivity contribution in [1.29, 1.82) is 0 Å². The van der Waals surface area contributed by atoms with Gasteiger partial charge < -0.3 is 9.16 Å². The van der Waals surface area contributed by atoms with Crippen molar-refractivity contribution >= 4 is 14.0 Å². The van der Waals surface area contributed by atoms with Gasteiger partial charge in [0.2, 0.25) is 8.32 Å². The van der Waals surface area contributed by atoms with Gasteiger partial charge in [-0.25, -0.2) is 0 Å². The Hall–Kier alpha value is -1.73. The Kier molecular flexibility index (Phi) is 6.72. The number of nitrogens with zero attached hydrogens (tertiary/aromatic N) is 2. The number of hydrogen-bond acceptors (Lipinski definition) is 5. The third-order valence-corrected chi connectivity index (χ3v) is 9.72. The second-order valence-corrected chi connectivity index (χ2v) is 11.1. The van der Waals surface area contributed by atoms with Crippen molar-refractivity contribution in [3.63, 3.8) is 0 Å². The van der Waals surface area contributed by atoms with Crippen molar-refractivity contribution in [1.82, 2.24) is 4.98 Å². The first kappa shape index (κ1) is 19.6. The summed E-state index contributed by atoms with van der Waals surface area (Å²) >= 11 is 0. The Bertz CT molecular complexity index is 623. The molecule has 7 heteroatoms. The van der Waals surface area contributed by atoms with Crippen LogP contribution in [0.15, 0.2) is 30.3 Å². The molecule has 0 radical (unpaired) electrons. The molecular formula is C18H28N2O4Si. The van der Waals surface area contributed by atoms with Crippen LogP contribution in [0.5, 0.6) is 0 Å². The maximum Gasteiger partial charge on any atom is 0.293 e. The molecule has 6 nitrogen and oxygen atoms in total. The fraction of sp³-hybridized carbons (Fsp3) is 0.611. The summed E-state index contributed by atoms with van der Waals surface area (Å²) in [6.45, 7) is 8.64. The van der Waals surface area contributed by atoms with Crippen LogP contribution in [-0.4, -0.2) is 24.3 Å². The molecular weight excluding hydrogens is 336 g/mol. The van der Waals surface area contributed by atoms with Crippen LogP contribution in [0.2, 0.25) is 18.1 Å². The van der Waals surface area contributed by atoms with Crippen LogP contribution < -0.4 is 0 Å². The maximum absolute atomic E-state index is 11.3. The zero-order valence-corrected chi connectivity index (χ0v) is 16.5. The monoisotopic (exact) mass is 364 g/mol. The Morgan fingerprint density at radius 2 is 2.00 bits per heavy atom. The SMILES string of the molecule is CCC1C=C(O[Si](CC)(CC)CC)CC(c2ccncc2[N+](=O)[O-])O1. The van der Waals surface area contributed by atoms with Crippen molar-refractivity contribution in [2.45, 2.75) is 70.9 Å². The van der Waals surface area contributed by atoms with E-state index in [2.05, 4.69) is 31.8 Å². The van der Waals surface area contributed by atoms with E-state index in [-0.39, 0.29) is 17.9 Å². The summed E-state index contributed by atoms with van der Waals surface area (Å²) in [7, 11) is -1.78. The second-order valence-electron chi connectivity index (χ2n) is 6.45. The van der Waals surface area contributed by atoms with Gasteiger partial charge in [0, 0.05) is 12.6 Å². The van der Waals surface area contributed by atoms with Crippen molar-refractivity contribution < 1.29 is 14.1 Å². The molecule has 2 rings (SSSR count). The average molecular weight is 365 g/mol. The highest BCUT2D eigenvalue weighted by Crippen LogP contribution is 2.38. The van der Waals surface area contributed by atoms with E-state index in [0.29, 0.717) is 12.0 Å². The van der Waals surface area contributed by atoms with E-state index in [0.717, 1.165) is 30.3 Å². The molecule has 0 N–H and O–H groups in total. The highest BCUT2D eigenvalue weighted by Gasteiger charge is 2.35. The first-order valence-corrected chi connectivity index (χ1v) is 11.6. The van der Waals surface area contributed by atoms with Gasteiger partial charge in [0.25, 0.3) is 5.69 Å². The lowest BCUT2D eigenvalue weighted by atomic mass is 10.0. The van der Waals surface area contributed by atoms with Crippen molar-refractivity contribution in [2.24, 2.45) is 0 Å².